The van der Waals surface area contributed by atoms with Gasteiger partial charge in [-0.15, -0.1) is 0 Å². The molecule has 0 aliphatic carbocycles. The molecule has 11 aliphatic rings. The Hall–Kier alpha value is -6.12. The van der Waals surface area contributed by atoms with Crippen molar-refractivity contribution in [2.45, 2.75) is 246 Å². The molecular formula is C80H104N9O19P3S2Si. The normalized spacial score (nSPS) is 32.1. The van der Waals surface area contributed by atoms with Crippen molar-refractivity contribution in [2.24, 2.45) is 0 Å². The fourth-order valence-electron chi connectivity index (χ4n) is 17.7. The number of hydrogen-bond acceptors (Lipinski definition) is 23. The lowest BCUT2D eigenvalue weighted by Crippen LogP contribution is -2.58. The van der Waals surface area contributed by atoms with Crippen LogP contribution in [-0.4, -0.2) is 191 Å². The molecule has 6 aromatic rings. The zero-order valence-corrected chi connectivity index (χ0v) is 71.1. The maximum absolute atomic E-state index is 13.1. The molecule has 19 atom stereocenters. The Balaban J connectivity index is 0.000000135. The maximum Gasteiger partial charge on any atom is 0.330 e. The molecule has 13 heterocycles. The van der Waals surface area contributed by atoms with E-state index in [0.29, 0.717) is 70.6 Å². The second-order valence-corrected chi connectivity index (χ2v) is 44.4. The van der Waals surface area contributed by atoms with E-state index >= 15 is 0 Å². The molecule has 114 heavy (non-hydrogen) atoms. The summed E-state index contributed by atoms with van der Waals surface area (Å²) in [6.07, 6.45) is 9.72. The summed E-state index contributed by atoms with van der Waals surface area (Å²) < 4.78 is 127. The number of nitrogens with one attached hydrogen (secondary N) is 3. The average molecular weight is 1680 g/mol. The van der Waals surface area contributed by atoms with Crippen LogP contribution in [0.1, 0.15) is 133 Å². The quantitative estimate of drug-likeness (QED) is 0.0420. The van der Waals surface area contributed by atoms with Crippen LogP contribution in [0.5, 0.6) is 0 Å². The summed E-state index contributed by atoms with van der Waals surface area (Å²) in [6.45, 7) is 24.4. The van der Waals surface area contributed by atoms with Gasteiger partial charge >= 0.3 is 11.4 Å². The van der Waals surface area contributed by atoms with Crippen LogP contribution in [0.3, 0.4) is 0 Å². The van der Waals surface area contributed by atoms with Gasteiger partial charge in [0.05, 0.1) is 70.6 Å². The van der Waals surface area contributed by atoms with Gasteiger partial charge < -0.3 is 56.3 Å². The zero-order valence-electron chi connectivity index (χ0n) is 65.8. The van der Waals surface area contributed by atoms with Crippen molar-refractivity contribution < 1.29 is 67.7 Å². The van der Waals surface area contributed by atoms with Crippen LogP contribution in [0.25, 0.3) is 0 Å². The number of H-pyrrole nitrogens is 2. The van der Waals surface area contributed by atoms with E-state index in [9.17, 15) is 40.8 Å². The highest BCUT2D eigenvalue weighted by molar-refractivity contribution is 7.91. The van der Waals surface area contributed by atoms with E-state index in [0.717, 1.165) is 81.8 Å². The summed E-state index contributed by atoms with van der Waals surface area (Å²) in [4.78, 5) is 68.1. The highest BCUT2D eigenvalue weighted by Crippen LogP contribution is 2.63. The minimum atomic E-state index is -3.51. The summed E-state index contributed by atoms with van der Waals surface area (Å²) in [7, 11) is -13.3. The molecule has 4 aromatic carbocycles. The molecule has 10 saturated heterocycles. The minimum absolute atomic E-state index is 0.000929. The molecule has 11 aliphatic heterocycles. The Bertz CT molecular complexity index is 4980. The highest BCUT2D eigenvalue weighted by atomic mass is 32.2. The SMILES string of the molecule is C=C1NC(=O)C(C)=CN1[C@H]1C[C@@H](O[P@@]2O[C@H](CS(=O)(=O)c3ccc(C)cc3)[C@@H]3CCCN32)[C@@H](CC)O1.CC[C@@]12COC([C@H](n3cc(C)c(=O)[nH]c3=O)O1)[C@H]2O[P@]1O[C@@H](C[Si](C)(c2ccccc2)c2ccccc2)[C@H]2CCCN21.CC[C@H]1O[C@@H](n2cc(C)c(=O)[nH]c2=O)C[C@H]1O[P@]1O[C@@H](CS(=O)(=O)c2ccc(C)cc2)[C@H]2CCCN21. The van der Waals surface area contributed by atoms with Crippen molar-refractivity contribution in [1.82, 2.24) is 43.3 Å². The number of amides is 1. The summed E-state index contributed by atoms with van der Waals surface area (Å²) in [5.41, 5.74) is 0.966. The van der Waals surface area contributed by atoms with Crippen molar-refractivity contribution in [3.8, 4) is 0 Å². The Kier molecular flexibility index (Phi) is 25.0. The van der Waals surface area contributed by atoms with E-state index in [1.807, 2.05) is 37.8 Å². The van der Waals surface area contributed by atoms with Gasteiger partial charge in [-0.1, -0.05) is 140 Å². The van der Waals surface area contributed by atoms with Gasteiger partial charge in [0.1, 0.15) is 44.2 Å². The number of fused-ring (bicyclic) bond motifs is 5. The number of benzene rings is 4. The first-order chi connectivity index (χ1) is 54.6. The first-order valence-electron chi connectivity index (χ1n) is 39.8. The first kappa shape index (κ1) is 83.0. The summed E-state index contributed by atoms with van der Waals surface area (Å²) in [6, 6.07) is 37.0. The number of nitrogens with zero attached hydrogens (tertiary/aromatic N) is 6. The average Bonchev–Trinajstić information content (AvgIpc) is 1.56. The Morgan fingerprint density at radius 3 is 1.51 bits per heavy atom. The van der Waals surface area contributed by atoms with Gasteiger partial charge in [-0.05, 0) is 123 Å². The Labute approximate surface area is 669 Å². The minimum Gasteiger partial charge on any atom is -0.368 e. The van der Waals surface area contributed by atoms with Crippen molar-refractivity contribution >= 4 is 69.6 Å². The number of aryl methyl sites for hydroxylation is 4. The third-order valence-electron chi connectivity index (χ3n) is 24.2. The standard InChI is InChI=1S/C31H38N3O6PSi.C25H34N3O6PS.C24H32N3O7PS/c1-4-31-20-37-26(29(38-31)33-18-21(2)28(35)32-30(33)36)27(31)40-41-34-17-11-16-24(34)25(39-41)19-42(3,22-12-7-5-8-13-22)23-14-9-6-10-15-23;1-5-21-22(13-24(32-21)27-14-17(3)25(29)26-18(27)4)33-35-28-12-6-7-20(28)23(34-35)15-36(30,31)19-10-8-16(2)9-11-19;1-4-19-20(12-22(32-19)26-13-16(3)23(28)25-24(26)29)33-35-27-11-5-6-18(27)21(34-35)14-36(30,31)17-9-7-15(2)8-10-17/h5-10,12-15,18,24-27,29H,4,11,16-17,19-20H2,1-3H3,(H,32,35,36);8-11,14,20-24H,4-7,12-13,15H2,1-3H3,(H,26,29);7-10,13,18-22H,4-6,11-12,14H2,1-3H3,(H,25,28,29)/t24-,25+,26?,27-,29-,31+,41+;20-,21+,22+,23+,24+,35-;18-,19-,20-,21+,22-,35-/m101/s1. The summed E-state index contributed by atoms with van der Waals surface area (Å²) >= 11 is 0. The van der Waals surface area contributed by atoms with Crippen molar-refractivity contribution in [2.75, 3.05) is 37.7 Å². The number of ether oxygens (including phenoxy) is 4. The largest absolute Gasteiger partial charge is 0.368 e. The third-order valence-corrected chi connectivity index (χ3v) is 37.6. The number of rotatable bonds is 22. The zero-order chi connectivity index (χ0) is 80.3. The maximum atomic E-state index is 13.1. The monoisotopic (exact) mass is 1680 g/mol. The fraction of sp³-hybridized carbons (Fsp3) is 0.537. The number of hydrogen-bond donors (Lipinski definition) is 3. The Morgan fingerprint density at radius 2 is 1.02 bits per heavy atom. The fourth-order valence-corrected chi connectivity index (χ4v) is 30.8. The van der Waals surface area contributed by atoms with Crippen LogP contribution in [0.2, 0.25) is 12.6 Å². The smallest absolute Gasteiger partial charge is 0.330 e. The van der Waals surface area contributed by atoms with E-state index in [1.165, 1.54) is 25.7 Å². The summed E-state index contributed by atoms with van der Waals surface area (Å²) in [5.74, 6) is 0.170. The third kappa shape index (κ3) is 16.9. The van der Waals surface area contributed by atoms with Crippen LogP contribution in [0.4, 0.5) is 0 Å². The highest BCUT2D eigenvalue weighted by Gasteiger charge is 2.65. The van der Waals surface area contributed by atoms with Gasteiger partial charge in [-0.25, -0.2) is 40.4 Å². The van der Waals surface area contributed by atoms with E-state index in [1.54, 1.807) is 69.6 Å². The molecule has 2 aromatic heterocycles. The number of carbonyl (C=O) groups excluding carboxylic acids is 1. The lowest BCUT2D eigenvalue weighted by atomic mass is 9.96. The predicted octanol–water partition coefficient (Wildman–Crippen LogP) is 9.67. The molecule has 1 unspecified atom stereocenters. The predicted molar refractivity (Wildman–Crippen MR) is 434 cm³/mol. The molecule has 0 radical (unpaired) electrons. The van der Waals surface area contributed by atoms with Gasteiger partial charge in [-0.3, -0.25) is 33.5 Å². The van der Waals surface area contributed by atoms with Gasteiger partial charge in [0.25, 0.3) is 42.6 Å². The number of sulfone groups is 2. The molecule has 0 saturated carbocycles. The Morgan fingerprint density at radius 1 is 0.570 bits per heavy atom. The lowest BCUT2D eigenvalue weighted by Gasteiger charge is -2.32. The molecule has 34 heteroatoms. The van der Waals surface area contributed by atoms with Gasteiger partial charge in [-0.2, -0.15) is 0 Å². The summed E-state index contributed by atoms with van der Waals surface area (Å²) in [5, 5.41) is 5.59. The van der Waals surface area contributed by atoms with Gasteiger partial charge in [0.2, 0.25) is 0 Å². The van der Waals surface area contributed by atoms with Crippen molar-refractivity contribution in [1.29, 1.82) is 0 Å². The molecule has 1 amide bonds. The first-order valence-corrected chi connectivity index (χ1v) is 49.2. The van der Waals surface area contributed by atoms with Crippen molar-refractivity contribution in [3.05, 3.63) is 210 Å². The van der Waals surface area contributed by atoms with E-state index in [-0.39, 0.29) is 72.3 Å². The lowest BCUT2D eigenvalue weighted by molar-refractivity contribution is -0.175. The molecule has 28 nitrogen and oxygen atoms in total. The van der Waals surface area contributed by atoms with Crippen LogP contribution in [-0.2, 0) is 70.6 Å². The molecule has 2 bridgehead atoms. The van der Waals surface area contributed by atoms with Crippen molar-refractivity contribution in [3.63, 3.8) is 0 Å². The van der Waals surface area contributed by atoms with Crippen LogP contribution < -0.4 is 38.2 Å². The topological polar surface area (TPSA) is 312 Å². The molecular weight excluding hydrogens is 1580 g/mol. The number of carbonyl (C=O) groups is 1. The van der Waals surface area contributed by atoms with E-state index in [2.05, 4.69) is 117 Å². The number of aromatic amines is 2. The van der Waals surface area contributed by atoms with Gasteiger partial charge in [0.15, 0.2) is 25.9 Å². The second-order valence-electron chi connectivity index (χ2n) is 31.9. The van der Waals surface area contributed by atoms with E-state index < -0.39 is 112 Å². The van der Waals surface area contributed by atoms with Crippen LogP contribution in [0.15, 0.2) is 175 Å². The number of aromatic nitrogens is 4. The van der Waals surface area contributed by atoms with Gasteiger partial charge in [0, 0.05) is 85.9 Å². The molecule has 10 fully saturated rings. The second kappa shape index (κ2) is 34.3. The molecule has 17 rings (SSSR count). The van der Waals surface area contributed by atoms with Crippen LogP contribution >= 0.6 is 25.6 Å². The van der Waals surface area contributed by atoms with E-state index in [4.69, 9.17) is 46.1 Å². The molecule has 0 spiro atoms. The molecule has 3 N–H and O–H groups in total. The molecule has 614 valence electrons. The van der Waals surface area contributed by atoms with Crippen LogP contribution in [0, 0.1) is 27.7 Å².